The van der Waals surface area contributed by atoms with Crippen LogP contribution in [0.1, 0.15) is 49.7 Å². The maximum atomic E-state index is 13.2. The molecule has 168 valence electrons. The number of nitrogens with zero attached hydrogens (tertiary/aromatic N) is 3. The number of hydrogen-bond acceptors (Lipinski definition) is 6. The molecule has 2 aromatic rings. The molecule has 1 aliphatic carbocycles. The normalized spacial score (nSPS) is 22.3. The van der Waals surface area contributed by atoms with Gasteiger partial charge in [-0.1, -0.05) is 17.4 Å². The summed E-state index contributed by atoms with van der Waals surface area (Å²) in [6.07, 6.45) is 10.3. The van der Waals surface area contributed by atoms with Crippen molar-refractivity contribution < 1.29 is 13.2 Å². The molecule has 0 unspecified atom stereocenters. The minimum atomic E-state index is -3.40. The van der Waals surface area contributed by atoms with E-state index in [9.17, 15) is 8.42 Å². The molecule has 6 nitrogen and oxygen atoms in total. The van der Waals surface area contributed by atoms with Gasteiger partial charge >= 0.3 is 0 Å². The number of likely N-dealkylation sites (tertiary alicyclic amines) is 1. The Balaban J connectivity index is 1.15. The average molecular weight is 462 g/mol. The first-order chi connectivity index (χ1) is 15.1. The van der Waals surface area contributed by atoms with Gasteiger partial charge in [0.05, 0.1) is 4.90 Å². The van der Waals surface area contributed by atoms with E-state index in [0.29, 0.717) is 24.0 Å². The van der Waals surface area contributed by atoms with E-state index in [-0.39, 0.29) is 6.10 Å². The molecular formula is C23H31N3O3S2. The molecule has 0 N–H and O–H groups in total. The highest BCUT2D eigenvalue weighted by Gasteiger charge is 2.33. The number of ether oxygens (including phenoxy) is 1. The Hall–Kier alpha value is -1.48. The number of benzene rings is 1. The predicted molar refractivity (Wildman–Crippen MR) is 122 cm³/mol. The molecule has 2 aliphatic heterocycles. The van der Waals surface area contributed by atoms with E-state index >= 15 is 0 Å². The lowest BCUT2D eigenvalue weighted by atomic mass is 9.92. The van der Waals surface area contributed by atoms with Gasteiger partial charge < -0.3 is 9.64 Å². The number of hydrogen-bond donors (Lipinski definition) is 0. The molecule has 2 fully saturated rings. The van der Waals surface area contributed by atoms with Crippen molar-refractivity contribution in [1.29, 1.82) is 0 Å². The van der Waals surface area contributed by atoms with Crippen molar-refractivity contribution in [1.82, 2.24) is 14.2 Å². The van der Waals surface area contributed by atoms with E-state index in [0.717, 1.165) is 63.2 Å². The molecule has 0 radical (unpaired) electrons. The lowest BCUT2D eigenvalue weighted by Gasteiger charge is -2.41. The summed E-state index contributed by atoms with van der Waals surface area (Å²) in [5.41, 5.74) is 2.55. The average Bonchev–Trinajstić information content (AvgIpc) is 3.32. The van der Waals surface area contributed by atoms with E-state index < -0.39 is 10.0 Å². The first kappa shape index (κ1) is 21.4. The van der Waals surface area contributed by atoms with Crippen molar-refractivity contribution in [3.8, 4) is 5.19 Å². The molecule has 0 bridgehead atoms. The minimum Gasteiger partial charge on any atom is -0.467 e. The third-order valence-corrected chi connectivity index (χ3v) is 9.61. The Labute approximate surface area is 189 Å². The molecule has 0 atom stereocenters. The summed E-state index contributed by atoms with van der Waals surface area (Å²) in [5.74, 6) is 0. The summed E-state index contributed by atoms with van der Waals surface area (Å²) in [5, 5.41) is 2.70. The summed E-state index contributed by atoms with van der Waals surface area (Å²) in [6.45, 7) is 3.25. The second-order valence-electron chi connectivity index (χ2n) is 8.92. The van der Waals surface area contributed by atoms with E-state index in [1.54, 1.807) is 21.8 Å². The van der Waals surface area contributed by atoms with Gasteiger partial charge in [-0.15, -0.1) is 0 Å². The van der Waals surface area contributed by atoms with Gasteiger partial charge in [0.1, 0.15) is 6.10 Å². The largest absolute Gasteiger partial charge is 0.467 e. The van der Waals surface area contributed by atoms with Crippen LogP contribution in [0.4, 0.5) is 0 Å². The predicted octanol–water partition coefficient (Wildman–Crippen LogP) is 3.72. The monoisotopic (exact) mass is 461 g/mol. The summed E-state index contributed by atoms with van der Waals surface area (Å²) >= 11 is 1.54. The number of sulfonamides is 1. The Morgan fingerprint density at radius 3 is 2.42 bits per heavy atom. The number of piperidine rings is 2. The second-order valence-corrected chi connectivity index (χ2v) is 11.7. The molecule has 0 amide bonds. The van der Waals surface area contributed by atoms with Gasteiger partial charge in [-0.25, -0.2) is 13.4 Å². The molecule has 5 rings (SSSR count). The molecule has 31 heavy (non-hydrogen) atoms. The molecular weight excluding hydrogens is 430 g/mol. The zero-order valence-electron chi connectivity index (χ0n) is 17.9. The molecule has 2 saturated heterocycles. The highest BCUT2D eigenvalue weighted by molar-refractivity contribution is 7.89. The minimum absolute atomic E-state index is 0.242. The molecule has 8 heteroatoms. The van der Waals surface area contributed by atoms with Crippen molar-refractivity contribution >= 4 is 21.4 Å². The van der Waals surface area contributed by atoms with Crippen LogP contribution in [0.2, 0.25) is 0 Å². The lowest BCUT2D eigenvalue weighted by Crippen LogP contribution is -2.50. The summed E-state index contributed by atoms with van der Waals surface area (Å²) in [7, 11) is -3.40. The summed E-state index contributed by atoms with van der Waals surface area (Å²) in [6, 6.07) is 6.25. The van der Waals surface area contributed by atoms with Crippen molar-refractivity contribution in [3.05, 3.63) is 40.9 Å². The van der Waals surface area contributed by atoms with Crippen molar-refractivity contribution in [3.63, 3.8) is 0 Å². The Kier molecular flexibility index (Phi) is 6.32. The van der Waals surface area contributed by atoms with Crippen LogP contribution in [-0.2, 0) is 22.9 Å². The van der Waals surface area contributed by atoms with E-state index in [1.807, 2.05) is 23.6 Å². The van der Waals surface area contributed by atoms with E-state index in [2.05, 4.69) is 9.88 Å². The molecule has 0 saturated carbocycles. The van der Waals surface area contributed by atoms with Crippen LogP contribution < -0.4 is 4.74 Å². The topological polar surface area (TPSA) is 62.7 Å². The lowest BCUT2D eigenvalue weighted by molar-refractivity contribution is 0.0584. The van der Waals surface area contributed by atoms with Crippen LogP contribution in [-0.4, -0.2) is 60.9 Å². The van der Waals surface area contributed by atoms with Gasteiger partial charge in [0.2, 0.25) is 10.0 Å². The SMILES string of the molecule is O=S(=O)(c1ccc2c(c1)CCCC2)N1CCC(N2CCC(Oc3nccs3)CC2)CC1. The van der Waals surface area contributed by atoms with Gasteiger partial charge in [0, 0.05) is 43.8 Å². The third-order valence-electron chi connectivity index (χ3n) is 7.05. The fourth-order valence-corrected chi connectivity index (χ4v) is 7.31. The number of thiazole rings is 1. The van der Waals surface area contributed by atoms with Crippen LogP contribution in [0.5, 0.6) is 5.19 Å². The highest BCUT2D eigenvalue weighted by atomic mass is 32.2. The van der Waals surface area contributed by atoms with E-state index in [1.165, 1.54) is 17.5 Å². The van der Waals surface area contributed by atoms with E-state index in [4.69, 9.17) is 4.74 Å². The molecule has 1 aromatic heterocycles. The Morgan fingerprint density at radius 2 is 1.71 bits per heavy atom. The summed E-state index contributed by atoms with van der Waals surface area (Å²) in [4.78, 5) is 7.23. The van der Waals surface area contributed by atoms with Crippen LogP contribution >= 0.6 is 11.3 Å². The maximum absolute atomic E-state index is 13.2. The molecule has 3 aliphatic rings. The quantitative estimate of drug-likeness (QED) is 0.679. The Morgan fingerprint density at radius 1 is 0.968 bits per heavy atom. The first-order valence-electron chi connectivity index (χ1n) is 11.5. The fourth-order valence-electron chi connectivity index (χ4n) is 5.24. The number of aromatic nitrogens is 1. The van der Waals surface area contributed by atoms with Gasteiger partial charge in [0.25, 0.3) is 5.19 Å². The van der Waals surface area contributed by atoms with Crippen LogP contribution in [0.15, 0.2) is 34.7 Å². The van der Waals surface area contributed by atoms with Gasteiger partial charge in [-0.3, -0.25) is 0 Å². The number of rotatable bonds is 5. The molecule has 0 spiro atoms. The van der Waals surface area contributed by atoms with Crippen molar-refractivity contribution in [2.45, 2.75) is 68.4 Å². The zero-order valence-corrected chi connectivity index (χ0v) is 19.5. The van der Waals surface area contributed by atoms with Gasteiger partial charge in [-0.2, -0.15) is 4.31 Å². The smallest absolute Gasteiger partial charge is 0.273 e. The van der Waals surface area contributed by atoms with Crippen LogP contribution in [0.25, 0.3) is 0 Å². The second kappa shape index (κ2) is 9.17. The number of aryl methyl sites for hydroxylation is 2. The first-order valence-corrected chi connectivity index (χ1v) is 13.8. The maximum Gasteiger partial charge on any atom is 0.273 e. The summed E-state index contributed by atoms with van der Waals surface area (Å²) < 4.78 is 34.2. The van der Waals surface area contributed by atoms with Crippen molar-refractivity contribution in [2.75, 3.05) is 26.2 Å². The third kappa shape index (κ3) is 4.67. The fraction of sp³-hybridized carbons (Fsp3) is 0.609. The van der Waals surface area contributed by atoms with Crippen molar-refractivity contribution in [2.24, 2.45) is 0 Å². The Bertz CT molecular complexity index is 978. The standard InChI is InChI=1S/C23H31N3O3S2/c27-31(28,22-6-5-18-3-1-2-4-19(18)17-22)26-14-7-20(8-15-26)25-12-9-21(10-13-25)29-23-24-11-16-30-23/h5-6,11,16-17,20-21H,1-4,7-10,12-15H2. The molecule has 1 aromatic carbocycles. The molecule has 3 heterocycles. The van der Waals surface area contributed by atoms with Crippen LogP contribution in [0.3, 0.4) is 0 Å². The zero-order chi connectivity index (χ0) is 21.3. The number of fused-ring (bicyclic) bond motifs is 1. The van der Waals surface area contributed by atoms with Crippen LogP contribution in [0, 0.1) is 0 Å². The highest BCUT2D eigenvalue weighted by Crippen LogP contribution is 2.29. The van der Waals surface area contributed by atoms with Gasteiger partial charge in [-0.05, 0) is 74.6 Å². The van der Waals surface area contributed by atoms with Gasteiger partial charge in [0.15, 0.2) is 0 Å².